The number of anilines is 1. The van der Waals surface area contributed by atoms with Crippen molar-refractivity contribution >= 4 is 11.6 Å². The Kier molecular flexibility index (Phi) is 3.14. The topological polar surface area (TPSA) is 42.0 Å². The Morgan fingerprint density at radius 1 is 1.24 bits per heavy atom. The summed E-state index contributed by atoms with van der Waals surface area (Å²) in [5.41, 5.74) is 1.66. The number of carbonyl (C=O) groups excluding carboxylic acids is 1. The third-order valence-electron chi connectivity index (χ3n) is 2.31. The quantitative estimate of drug-likeness (QED) is 0.806. The van der Waals surface area contributed by atoms with E-state index < -0.39 is 11.9 Å². The van der Waals surface area contributed by atoms with Crippen molar-refractivity contribution in [3.8, 4) is 0 Å². The van der Waals surface area contributed by atoms with Crippen LogP contribution in [0.3, 0.4) is 0 Å². The number of hydrogen-bond acceptors (Lipinski definition) is 2. The predicted molar refractivity (Wildman–Crippen MR) is 63.3 cm³/mol. The third kappa shape index (κ3) is 2.66. The van der Waals surface area contributed by atoms with Crippen LogP contribution < -0.4 is 5.32 Å². The third-order valence-corrected chi connectivity index (χ3v) is 2.31. The Morgan fingerprint density at radius 3 is 2.59 bits per heavy atom. The van der Waals surface area contributed by atoms with E-state index in [2.05, 4.69) is 10.3 Å². The van der Waals surface area contributed by atoms with Gasteiger partial charge in [0, 0.05) is 11.9 Å². The first-order valence-corrected chi connectivity index (χ1v) is 5.15. The first-order valence-electron chi connectivity index (χ1n) is 5.15. The Hall–Kier alpha value is -2.23. The van der Waals surface area contributed by atoms with Crippen molar-refractivity contribution in [3.05, 3.63) is 59.7 Å². The number of aryl methyl sites for hydroxylation is 1. The van der Waals surface area contributed by atoms with E-state index in [-0.39, 0.29) is 5.56 Å². The highest BCUT2D eigenvalue weighted by Crippen LogP contribution is 2.11. The lowest BCUT2D eigenvalue weighted by atomic mass is 10.2. The number of halogens is 1. The van der Waals surface area contributed by atoms with Gasteiger partial charge >= 0.3 is 0 Å². The molecule has 1 aromatic heterocycles. The minimum absolute atomic E-state index is 0.0620. The largest absolute Gasteiger partial charge is 0.322 e. The molecule has 1 amide bonds. The van der Waals surface area contributed by atoms with Crippen LogP contribution in [0.5, 0.6) is 0 Å². The molecular weight excluding hydrogens is 219 g/mol. The fourth-order valence-corrected chi connectivity index (χ4v) is 1.39. The number of pyridine rings is 1. The van der Waals surface area contributed by atoms with E-state index in [1.807, 2.05) is 19.1 Å². The first kappa shape index (κ1) is 11.3. The molecule has 1 heterocycles. The highest BCUT2D eigenvalue weighted by Gasteiger charge is 2.11. The molecule has 0 saturated heterocycles. The fourth-order valence-electron chi connectivity index (χ4n) is 1.39. The molecule has 0 radical (unpaired) electrons. The Balaban J connectivity index is 2.17. The number of rotatable bonds is 2. The van der Waals surface area contributed by atoms with Crippen molar-refractivity contribution in [1.82, 2.24) is 4.98 Å². The summed E-state index contributed by atoms with van der Waals surface area (Å²) in [5.74, 6) is -1.27. The van der Waals surface area contributed by atoms with Gasteiger partial charge in [-0.05, 0) is 31.2 Å². The van der Waals surface area contributed by atoms with Gasteiger partial charge in [-0.3, -0.25) is 4.79 Å². The summed E-state index contributed by atoms with van der Waals surface area (Å²) in [6.07, 6.45) is 1.30. The summed E-state index contributed by atoms with van der Waals surface area (Å²) in [5, 5.41) is 2.61. The van der Waals surface area contributed by atoms with E-state index in [1.54, 1.807) is 12.1 Å². The average Bonchev–Trinajstić information content (AvgIpc) is 2.32. The van der Waals surface area contributed by atoms with E-state index in [9.17, 15) is 9.18 Å². The summed E-state index contributed by atoms with van der Waals surface area (Å²) in [4.78, 5) is 15.2. The van der Waals surface area contributed by atoms with Crippen molar-refractivity contribution in [3.63, 3.8) is 0 Å². The van der Waals surface area contributed by atoms with Gasteiger partial charge in [-0.25, -0.2) is 4.98 Å². The van der Waals surface area contributed by atoms with Gasteiger partial charge in [-0.1, -0.05) is 17.7 Å². The normalized spacial score (nSPS) is 10.0. The maximum Gasteiger partial charge on any atom is 0.260 e. The van der Waals surface area contributed by atoms with Gasteiger partial charge < -0.3 is 5.32 Å². The molecule has 0 aliphatic heterocycles. The summed E-state index contributed by atoms with van der Waals surface area (Å²) < 4.78 is 13.2. The molecule has 0 atom stereocenters. The van der Waals surface area contributed by atoms with Crippen LogP contribution >= 0.6 is 0 Å². The Labute approximate surface area is 98.3 Å². The van der Waals surface area contributed by atoms with Gasteiger partial charge in [-0.15, -0.1) is 0 Å². The number of benzene rings is 1. The van der Waals surface area contributed by atoms with Crippen molar-refractivity contribution < 1.29 is 9.18 Å². The SMILES string of the molecule is Cc1ccc(NC(=O)c2cccnc2F)cc1. The van der Waals surface area contributed by atoms with Crippen LogP contribution in [0.25, 0.3) is 0 Å². The average molecular weight is 230 g/mol. The van der Waals surface area contributed by atoms with E-state index in [1.165, 1.54) is 18.3 Å². The second-order valence-corrected chi connectivity index (χ2v) is 3.66. The maximum atomic E-state index is 13.2. The Morgan fingerprint density at radius 2 is 1.94 bits per heavy atom. The molecule has 0 bridgehead atoms. The first-order chi connectivity index (χ1) is 8.16. The molecule has 0 unspecified atom stereocenters. The highest BCUT2D eigenvalue weighted by molar-refractivity contribution is 6.04. The van der Waals surface area contributed by atoms with Crippen LogP contribution in [0.2, 0.25) is 0 Å². The lowest BCUT2D eigenvalue weighted by Gasteiger charge is -2.05. The second-order valence-electron chi connectivity index (χ2n) is 3.66. The van der Waals surface area contributed by atoms with Gasteiger partial charge in [0.25, 0.3) is 5.91 Å². The van der Waals surface area contributed by atoms with E-state index in [4.69, 9.17) is 0 Å². The molecule has 0 aliphatic rings. The molecule has 86 valence electrons. The van der Waals surface area contributed by atoms with Crippen LogP contribution in [-0.2, 0) is 0 Å². The predicted octanol–water partition coefficient (Wildman–Crippen LogP) is 2.78. The number of amides is 1. The molecule has 1 aromatic carbocycles. The lowest BCUT2D eigenvalue weighted by molar-refractivity contribution is 0.102. The minimum atomic E-state index is -0.767. The lowest BCUT2D eigenvalue weighted by Crippen LogP contribution is -2.14. The van der Waals surface area contributed by atoms with Crippen molar-refractivity contribution in [2.45, 2.75) is 6.92 Å². The zero-order chi connectivity index (χ0) is 12.3. The summed E-state index contributed by atoms with van der Waals surface area (Å²) in [7, 11) is 0. The number of nitrogens with one attached hydrogen (secondary N) is 1. The van der Waals surface area contributed by atoms with Gasteiger partial charge in [0.1, 0.15) is 0 Å². The fraction of sp³-hybridized carbons (Fsp3) is 0.0769. The van der Waals surface area contributed by atoms with Crippen LogP contribution in [0.4, 0.5) is 10.1 Å². The van der Waals surface area contributed by atoms with Crippen molar-refractivity contribution in [2.24, 2.45) is 0 Å². The second kappa shape index (κ2) is 4.74. The highest BCUT2D eigenvalue weighted by atomic mass is 19.1. The number of hydrogen-bond donors (Lipinski definition) is 1. The monoisotopic (exact) mass is 230 g/mol. The molecule has 1 N–H and O–H groups in total. The van der Waals surface area contributed by atoms with Gasteiger partial charge in [0.2, 0.25) is 5.95 Å². The molecule has 0 aliphatic carbocycles. The number of aromatic nitrogens is 1. The smallest absolute Gasteiger partial charge is 0.260 e. The van der Waals surface area contributed by atoms with Crippen molar-refractivity contribution in [1.29, 1.82) is 0 Å². The molecular formula is C13H11FN2O. The Bertz CT molecular complexity index is 537. The minimum Gasteiger partial charge on any atom is -0.322 e. The zero-order valence-electron chi connectivity index (χ0n) is 9.27. The summed E-state index contributed by atoms with van der Waals surface area (Å²) in [6, 6.07) is 10.2. The number of carbonyl (C=O) groups is 1. The molecule has 2 aromatic rings. The standard InChI is InChI=1S/C13H11FN2O/c1-9-4-6-10(7-5-9)16-13(17)11-3-2-8-15-12(11)14/h2-8H,1H3,(H,16,17). The van der Waals surface area contributed by atoms with Crippen LogP contribution in [0, 0.1) is 12.9 Å². The summed E-state index contributed by atoms with van der Waals surface area (Å²) in [6.45, 7) is 1.95. The van der Waals surface area contributed by atoms with E-state index >= 15 is 0 Å². The summed E-state index contributed by atoms with van der Waals surface area (Å²) >= 11 is 0. The zero-order valence-corrected chi connectivity index (χ0v) is 9.27. The van der Waals surface area contributed by atoms with Crippen LogP contribution in [-0.4, -0.2) is 10.9 Å². The molecule has 2 rings (SSSR count). The van der Waals surface area contributed by atoms with Gasteiger partial charge in [0.15, 0.2) is 0 Å². The van der Waals surface area contributed by atoms with Crippen molar-refractivity contribution in [2.75, 3.05) is 5.32 Å². The van der Waals surface area contributed by atoms with E-state index in [0.29, 0.717) is 5.69 Å². The van der Waals surface area contributed by atoms with Crippen LogP contribution in [0.15, 0.2) is 42.6 Å². The molecule has 0 fully saturated rings. The van der Waals surface area contributed by atoms with Gasteiger partial charge in [0.05, 0.1) is 5.56 Å². The molecule has 4 heteroatoms. The number of nitrogens with zero attached hydrogens (tertiary/aromatic N) is 1. The maximum absolute atomic E-state index is 13.2. The van der Waals surface area contributed by atoms with Crippen LogP contribution in [0.1, 0.15) is 15.9 Å². The molecule has 3 nitrogen and oxygen atoms in total. The van der Waals surface area contributed by atoms with Gasteiger partial charge in [-0.2, -0.15) is 4.39 Å². The molecule has 0 spiro atoms. The van der Waals surface area contributed by atoms with E-state index in [0.717, 1.165) is 5.56 Å². The molecule has 17 heavy (non-hydrogen) atoms. The molecule has 0 saturated carbocycles.